The van der Waals surface area contributed by atoms with E-state index < -0.39 is 0 Å². The molecule has 7 nitrogen and oxygen atoms in total. The molecule has 0 unspecified atom stereocenters. The number of aromatic nitrogens is 3. The highest BCUT2D eigenvalue weighted by atomic mass is 16.3. The molecule has 7 heteroatoms. The SMILES string of the molecule is O=C(NCc1ccccn1)c1ccc2cnc(NC3CCC(O)CC3)nc2c1. The molecule has 1 aliphatic rings. The van der Waals surface area contributed by atoms with Gasteiger partial charge >= 0.3 is 0 Å². The fraction of sp³-hybridized carbons (Fsp3) is 0.333. The van der Waals surface area contributed by atoms with Crippen LogP contribution in [-0.4, -0.2) is 38.1 Å². The summed E-state index contributed by atoms with van der Waals surface area (Å²) in [5.74, 6) is 0.391. The Labute approximate surface area is 163 Å². The van der Waals surface area contributed by atoms with Gasteiger partial charge in [0.1, 0.15) is 0 Å². The van der Waals surface area contributed by atoms with Gasteiger partial charge in [0.2, 0.25) is 5.95 Å². The lowest BCUT2D eigenvalue weighted by Gasteiger charge is -2.26. The summed E-state index contributed by atoms with van der Waals surface area (Å²) in [6, 6.07) is 11.3. The molecule has 28 heavy (non-hydrogen) atoms. The Kier molecular flexibility index (Phi) is 5.43. The van der Waals surface area contributed by atoms with Crippen LogP contribution in [0.25, 0.3) is 10.9 Å². The summed E-state index contributed by atoms with van der Waals surface area (Å²) in [7, 11) is 0. The van der Waals surface area contributed by atoms with Crippen LogP contribution in [-0.2, 0) is 6.54 Å². The second kappa shape index (κ2) is 8.31. The Balaban J connectivity index is 1.45. The smallest absolute Gasteiger partial charge is 0.251 e. The zero-order valence-corrected chi connectivity index (χ0v) is 15.5. The minimum Gasteiger partial charge on any atom is -0.393 e. The Hall–Kier alpha value is -3.06. The Bertz CT molecular complexity index is 955. The van der Waals surface area contributed by atoms with Crippen LogP contribution in [0.1, 0.15) is 41.7 Å². The number of amides is 1. The van der Waals surface area contributed by atoms with E-state index in [0.29, 0.717) is 18.1 Å². The van der Waals surface area contributed by atoms with E-state index in [0.717, 1.165) is 42.3 Å². The van der Waals surface area contributed by atoms with Gasteiger partial charge in [-0.25, -0.2) is 9.97 Å². The van der Waals surface area contributed by atoms with Gasteiger partial charge in [-0.15, -0.1) is 0 Å². The summed E-state index contributed by atoms with van der Waals surface area (Å²) in [5, 5.41) is 16.7. The molecule has 0 spiro atoms. The lowest BCUT2D eigenvalue weighted by atomic mass is 9.93. The van der Waals surface area contributed by atoms with E-state index in [2.05, 4.69) is 25.6 Å². The van der Waals surface area contributed by atoms with Gasteiger partial charge in [0.15, 0.2) is 0 Å². The summed E-state index contributed by atoms with van der Waals surface area (Å²) in [5.41, 5.74) is 2.08. The number of anilines is 1. The molecule has 0 atom stereocenters. The van der Waals surface area contributed by atoms with Crippen molar-refractivity contribution in [1.29, 1.82) is 0 Å². The highest BCUT2D eigenvalue weighted by molar-refractivity contribution is 5.97. The van der Waals surface area contributed by atoms with Crippen molar-refractivity contribution in [3.63, 3.8) is 0 Å². The van der Waals surface area contributed by atoms with Crippen LogP contribution in [0.5, 0.6) is 0 Å². The van der Waals surface area contributed by atoms with Crippen molar-refractivity contribution in [2.75, 3.05) is 5.32 Å². The molecule has 1 aliphatic carbocycles. The number of aliphatic hydroxyl groups is 1. The maximum Gasteiger partial charge on any atom is 0.251 e. The molecule has 144 valence electrons. The topological polar surface area (TPSA) is 100 Å². The van der Waals surface area contributed by atoms with Crippen molar-refractivity contribution in [2.24, 2.45) is 0 Å². The predicted molar refractivity (Wildman–Crippen MR) is 107 cm³/mol. The second-order valence-corrected chi connectivity index (χ2v) is 7.12. The van der Waals surface area contributed by atoms with E-state index in [9.17, 15) is 9.90 Å². The Morgan fingerprint density at radius 1 is 1.11 bits per heavy atom. The van der Waals surface area contributed by atoms with Crippen molar-refractivity contribution < 1.29 is 9.90 Å². The number of benzene rings is 1. The van der Waals surface area contributed by atoms with E-state index in [1.165, 1.54) is 0 Å². The summed E-state index contributed by atoms with van der Waals surface area (Å²) >= 11 is 0. The highest BCUT2D eigenvalue weighted by Crippen LogP contribution is 2.22. The molecule has 1 amide bonds. The third-order valence-electron chi connectivity index (χ3n) is 5.03. The van der Waals surface area contributed by atoms with Crippen LogP contribution in [0.15, 0.2) is 48.8 Å². The summed E-state index contributed by atoms with van der Waals surface area (Å²) < 4.78 is 0. The van der Waals surface area contributed by atoms with E-state index in [1.807, 2.05) is 24.3 Å². The first-order valence-corrected chi connectivity index (χ1v) is 9.57. The quantitative estimate of drug-likeness (QED) is 0.632. The van der Waals surface area contributed by atoms with Crippen molar-refractivity contribution in [2.45, 2.75) is 44.4 Å². The number of nitrogens with one attached hydrogen (secondary N) is 2. The molecular weight excluding hydrogens is 354 g/mol. The van der Waals surface area contributed by atoms with Crippen molar-refractivity contribution in [1.82, 2.24) is 20.3 Å². The van der Waals surface area contributed by atoms with Gasteiger partial charge in [-0.2, -0.15) is 0 Å². The third kappa shape index (κ3) is 4.43. The van der Waals surface area contributed by atoms with Crippen LogP contribution in [0.2, 0.25) is 0 Å². The fourth-order valence-electron chi connectivity index (χ4n) is 3.41. The summed E-state index contributed by atoms with van der Waals surface area (Å²) in [6.45, 7) is 0.377. The van der Waals surface area contributed by atoms with E-state index in [1.54, 1.807) is 24.5 Å². The first-order valence-electron chi connectivity index (χ1n) is 9.57. The maximum atomic E-state index is 12.5. The van der Waals surface area contributed by atoms with Crippen molar-refractivity contribution in [3.05, 3.63) is 60.0 Å². The number of carbonyl (C=O) groups excluding carboxylic acids is 1. The summed E-state index contributed by atoms with van der Waals surface area (Å²) in [6.07, 6.45) is 6.67. The molecule has 1 aromatic carbocycles. The number of pyridine rings is 1. The lowest BCUT2D eigenvalue weighted by molar-refractivity contribution is 0.0950. The molecule has 3 aromatic rings. The molecule has 3 N–H and O–H groups in total. The number of hydrogen-bond acceptors (Lipinski definition) is 6. The largest absolute Gasteiger partial charge is 0.393 e. The molecule has 0 aliphatic heterocycles. The van der Waals surface area contributed by atoms with Gasteiger partial charge < -0.3 is 15.7 Å². The first kappa shape index (κ1) is 18.3. The number of fused-ring (bicyclic) bond motifs is 1. The van der Waals surface area contributed by atoms with Crippen LogP contribution < -0.4 is 10.6 Å². The molecule has 0 bridgehead atoms. The van der Waals surface area contributed by atoms with E-state index in [4.69, 9.17) is 0 Å². The molecule has 1 fully saturated rings. The number of hydrogen-bond donors (Lipinski definition) is 3. The van der Waals surface area contributed by atoms with Gasteiger partial charge in [0.25, 0.3) is 5.91 Å². The molecule has 4 rings (SSSR count). The number of carbonyl (C=O) groups is 1. The lowest BCUT2D eigenvalue weighted by Crippen LogP contribution is -2.28. The minimum atomic E-state index is -0.192. The molecule has 0 radical (unpaired) electrons. The van der Waals surface area contributed by atoms with Crippen molar-refractivity contribution >= 4 is 22.8 Å². The first-order chi connectivity index (χ1) is 13.7. The van der Waals surface area contributed by atoms with Crippen LogP contribution in [0.4, 0.5) is 5.95 Å². The van der Waals surface area contributed by atoms with Gasteiger partial charge in [-0.05, 0) is 49.9 Å². The van der Waals surface area contributed by atoms with Crippen LogP contribution in [0, 0.1) is 0 Å². The molecule has 0 saturated heterocycles. The highest BCUT2D eigenvalue weighted by Gasteiger charge is 2.20. The Morgan fingerprint density at radius 3 is 2.75 bits per heavy atom. The number of nitrogens with zero attached hydrogens (tertiary/aromatic N) is 3. The average molecular weight is 377 g/mol. The Morgan fingerprint density at radius 2 is 1.96 bits per heavy atom. The molecular formula is C21H23N5O2. The van der Waals surface area contributed by atoms with Crippen molar-refractivity contribution in [3.8, 4) is 0 Å². The van der Waals surface area contributed by atoms with Gasteiger partial charge in [0.05, 0.1) is 23.9 Å². The van der Waals surface area contributed by atoms with Gasteiger partial charge in [-0.3, -0.25) is 9.78 Å². The maximum absolute atomic E-state index is 12.5. The van der Waals surface area contributed by atoms with Crippen LogP contribution in [0.3, 0.4) is 0 Å². The van der Waals surface area contributed by atoms with Gasteiger partial charge in [-0.1, -0.05) is 12.1 Å². The fourth-order valence-corrected chi connectivity index (χ4v) is 3.41. The second-order valence-electron chi connectivity index (χ2n) is 7.12. The van der Waals surface area contributed by atoms with E-state index >= 15 is 0 Å². The summed E-state index contributed by atoms with van der Waals surface area (Å²) in [4.78, 5) is 25.6. The van der Waals surface area contributed by atoms with Crippen LogP contribution >= 0.6 is 0 Å². The molecule has 2 aromatic heterocycles. The number of rotatable bonds is 5. The average Bonchev–Trinajstić information content (AvgIpc) is 2.74. The number of aliphatic hydroxyl groups excluding tert-OH is 1. The minimum absolute atomic E-state index is 0.165. The molecule has 1 saturated carbocycles. The zero-order chi connectivity index (χ0) is 19.3. The van der Waals surface area contributed by atoms with E-state index in [-0.39, 0.29) is 18.1 Å². The monoisotopic (exact) mass is 377 g/mol. The predicted octanol–water partition coefficient (Wildman–Crippen LogP) is 2.67. The molecule has 2 heterocycles. The standard InChI is InChI=1S/C21H23N5O2/c27-18-8-6-16(7-9-18)25-21-24-12-15-5-4-14(11-19(15)26-21)20(28)23-13-17-3-1-2-10-22-17/h1-5,10-12,16,18,27H,6-9,13H2,(H,23,28)(H,24,25,26). The third-order valence-corrected chi connectivity index (χ3v) is 5.03. The van der Waals surface area contributed by atoms with Gasteiger partial charge in [0, 0.05) is 29.4 Å². The normalized spacial score (nSPS) is 19.3. The zero-order valence-electron chi connectivity index (χ0n) is 15.5.